The number of benzene rings is 4. The Bertz CT molecular complexity index is 1580. The Morgan fingerprint density at radius 2 is 1.48 bits per heavy atom. The monoisotopic (exact) mass is 546 g/mol. The molecule has 0 radical (unpaired) electrons. The Morgan fingerprint density at radius 3 is 2.10 bits per heavy atom. The number of fused-ring (bicyclic) bond motifs is 1. The number of aliphatic carboxylic acids is 1. The summed E-state index contributed by atoms with van der Waals surface area (Å²) in [4.78, 5) is 17.1. The highest BCUT2D eigenvalue weighted by atomic mass is 19.4. The van der Waals surface area contributed by atoms with E-state index in [9.17, 15) is 13.2 Å². The third-order valence-corrected chi connectivity index (χ3v) is 6.28. The van der Waals surface area contributed by atoms with Crippen LogP contribution in [0.3, 0.4) is 0 Å². The Hall–Kier alpha value is -4.63. The van der Waals surface area contributed by atoms with E-state index in [1.54, 1.807) is 0 Å². The molecule has 4 aromatic carbocycles. The summed E-state index contributed by atoms with van der Waals surface area (Å²) in [6.45, 7) is 3.77. The summed E-state index contributed by atoms with van der Waals surface area (Å²) in [6.07, 6.45) is -5.08. The van der Waals surface area contributed by atoms with E-state index >= 15 is 0 Å². The molecule has 5 rings (SSSR count). The van der Waals surface area contributed by atoms with Gasteiger partial charge in [0.2, 0.25) is 0 Å². The molecule has 0 amide bonds. The Balaban J connectivity index is 0.000000470. The van der Waals surface area contributed by atoms with Gasteiger partial charge in [0.1, 0.15) is 5.82 Å². The smallest absolute Gasteiger partial charge is 0.475 e. The van der Waals surface area contributed by atoms with Crippen molar-refractivity contribution in [1.29, 1.82) is 0 Å². The zero-order valence-corrected chi connectivity index (χ0v) is 22.0. The molecule has 9 heteroatoms. The number of nitrogens with zero attached hydrogens (tertiary/aromatic N) is 1. The van der Waals surface area contributed by atoms with Crippen molar-refractivity contribution in [3.63, 3.8) is 0 Å². The van der Waals surface area contributed by atoms with E-state index in [1.165, 1.54) is 27.8 Å². The second-order valence-electron chi connectivity index (χ2n) is 9.19. The number of H-pyrrole nitrogens is 1. The first-order valence-corrected chi connectivity index (χ1v) is 12.6. The minimum absolute atomic E-state index is 0.831. The molecule has 0 atom stereocenters. The molecule has 6 nitrogen and oxygen atoms in total. The highest BCUT2D eigenvalue weighted by Gasteiger charge is 2.38. The van der Waals surface area contributed by atoms with Gasteiger partial charge >= 0.3 is 12.1 Å². The molecular formula is C31H29F3N4O2. The van der Waals surface area contributed by atoms with Gasteiger partial charge in [-0.25, -0.2) is 9.78 Å². The van der Waals surface area contributed by atoms with Crippen molar-refractivity contribution < 1.29 is 23.1 Å². The number of aryl methyl sites for hydroxylation is 1. The van der Waals surface area contributed by atoms with Crippen LogP contribution < -0.4 is 10.6 Å². The largest absolute Gasteiger partial charge is 0.490 e. The minimum Gasteiger partial charge on any atom is -0.475 e. The van der Waals surface area contributed by atoms with Crippen molar-refractivity contribution >= 4 is 22.7 Å². The van der Waals surface area contributed by atoms with Gasteiger partial charge in [0, 0.05) is 31.4 Å². The normalized spacial score (nSPS) is 11.1. The number of halogens is 3. The number of aromatic nitrogens is 2. The maximum Gasteiger partial charge on any atom is 0.490 e. The first kappa shape index (κ1) is 28.4. The van der Waals surface area contributed by atoms with Gasteiger partial charge in [-0.15, -0.1) is 0 Å². The van der Waals surface area contributed by atoms with Crippen molar-refractivity contribution in [2.75, 3.05) is 12.4 Å². The second-order valence-corrected chi connectivity index (χ2v) is 9.19. The van der Waals surface area contributed by atoms with Crippen LogP contribution in [0.5, 0.6) is 0 Å². The van der Waals surface area contributed by atoms with Crippen molar-refractivity contribution in [2.45, 2.75) is 26.2 Å². The number of nitrogens with one attached hydrogen (secondary N) is 3. The van der Waals surface area contributed by atoms with Gasteiger partial charge in [0.25, 0.3) is 0 Å². The molecule has 4 N–H and O–H groups in total. The fourth-order valence-corrected chi connectivity index (χ4v) is 4.13. The number of anilines is 1. The highest BCUT2D eigenvalue weighted by molar-refractivity contribution is 5.82. The summed E-state index contributed by atoms with van der Waals surface area (Å²) in [5.74, 6) is -1.85. The first-order valence-electron chi connectivity index (χ1n) is 12.6. The van der Waals surface area contributed by atoms with Crippen LogP contribution in [-0.2, 0) is 17.9 Å². The number of hydrogen-bond acceptors (Lipinski definition) is 4. The lowest BCUT2D eigenvalue weighted by atomic mass is 10.0. The van der Waals surface area contributed by atoms with Crippen LogP contribution in [0.4, 0.5) is 18.9 Å². The molecule has 5 aromatic rings. The number of imidazole rings is 1. The molecule has 206 valence electrons. The quantitative estimate of drug-likeness (QED) is 0.174. The van der Waals surface area contributed by atoms with Crippen LogP contribution in [0.2, 0.25) is 0 Å². The van der Waals surface area contributed by atoms with Crippen molar-refractivity contribution in [3.8, 4) is 22.5 Å². The average Bonchev–Trinajstić information content (AvgIpc) is 3.39. The minimum atomic E-state index is -5.08. The lowest BCUT2D eigenvalue weighted by Crippen LogP contribution is -2.21. The third-order valence-electron chi connectivity index (χ3n) is 6.28. The summed E-state index contributed by atoms with van der Waals surface area (Å²) in [6, 6.07) is 32.1. The van der Waals surface area contributed by atoms with Gasteiger partial charge < -0.3 is 20.7 Å². The Morgan fingerprint density at radius 1 is 0.850 bits per heavy atom. The SMILES string of the molecule is CNc1ccc(CNCc2cccc(-c3ccc(-c4nc5c(C)cccc5[nH]4)cc3)c2)cc1.O=C(O)C(F)(F)F. The van der Waals surface area contributed by atoms with Gasteiger partial charge in [0.05, 0.1) is 11.0 Å². The number of carbonyl (C=O) groups is 1. The van der Waals surface area contributed by atoms with E-state index in [0.29, 0.717) is 0 Å². The van der Waals surface area contributed by atoms with Crippen LogP contribution in [0, 0.1) is 6.92 Å². The van der Waals surface area contributed by atoms with Crippen molar-refractivity contribution in [1.82, 2.24) is 15.3 Å². The Labute approximate surface area is 229 Å². The predicted octanol–water partition coefficient (Wildman–Crippen LogP) is 7.17. The number of alkyl halides is 3. The van der Waals surface area contributed by atoms with E-state index in [0.717, 1.165) is 41.2 Å². The number of carboxylic acids is 1. The highest BCUT2D eigenvalue weighted by Crippen LogP contribution is 2.26. The number of para-hydroxylation sites is 1. The number of carboxylic acid groups (broad SMARTS) is 1. The van der Waals surface area contributed by atoms with Gasteiger partial charge in [-0.3, -0.25) is 0 Å². The van der Waals surface area contributed by atoms with E-state index < -0.39 is 12.1 Å². The number of hydrogen-bond donors (Lipinski definition) is 4. The molecule has 1 aromatic heterocycles. The van der Waals surface area contributed by atoms with E-state index in [4.69, 9.17) is 14.9 Å². The molecule has 0 saturated heterocycles. The molecule has 0 aliphatic carbocycles. The van der Waals surface area contributed by atoms with E-state index in [1.807, 2.05) is 7.05 Å². The van der Waals surface area contributed by atoms with Gasteiger partial charge in [-0.05, 0) is 59.0 Å². The fraction of sp³-hybridized carbons (Fsp3) is 0.161. The predicted molar refractivity (Wildman–Crippen MR) is 152 cm³/mol. The van der Waals surface area contributed by atoms with Gasteiger partial charge in [-0.1, -0.05) is 66.7 Å². The summed E-state index contributed by atoms with van der Waals surface area (Å²) in [7, 11) is 1.94. The average molecular weight is 547 g/mol. The molecule has 0 saturated carbocycles. The van der Waals surface area contributed by atoms with E-state index in [2.05, 4.69) is 114 Å². The van der Waals surface area contributed by atoms with Crippen LogP contribution in [0.15, 0.2) is 91.0 Å². The maximum atomic E-state index is 10.6. The molecule has 0 bridgehead atoms. The van der Waals surface area contributed by atoms with Crippen molar-refractivity contribution in [2.24, 2.45) is 0 Å². The number of rotatable bonds is 7. The maximum absolute atomic E-state index is 10.6. The fourth-order valence-electron chi connectivity index (χ4n) is 4.13. The summed E-state index contributed by atoms with van der Waals surface area (Å²) in [5.41, 5.74) is 10.5. The van der Waals surface area contributed by atoms with Crippen LogP contribution in [0.1, 0.15) is 16.7 Å². The van der Waals surface area contributed by atoms with Gasteiger partial charge in [0.15, 0.2) is 0 Å². The topological polar surface area (TPSA) is 90.0 Å². The molecule has 0 spiro atoms. The van der Waals surface area contributed by atoms with Crippen LogP contribution >= 0.6 is 0 Å². The van der Waals surface area contributed by atoms with Crippen LogP contribution in [-0.4, -0.2) is 34.3 Å². The summed E-state index contributed by atoms with van der Waals surface area (Å²) < 4.78 is 31.7. The third kappa shape index (κ3) is 7.27. The van der Waals surface area contributed by atoms with E-state index in [-0.39, 0.29) is 0 Å². The van der Waals surface area contributed by atoms with Crippen molar-refractivity contribution in [3.05, 3.63) is 108 Å². The lowest BCUT2D eigenvalue weighted by Gasteiger charge is -2.09. The molecule has 40 heavy (non-hydrogen) atoms. The lowest BCUT2D eigenvalue weighted by molar-refractivity contribution is -0.192. The zero-order chi connectivity index (χ0) is 28.7. The summed E-state index contributed by atoms with van der Waals surface area (Å²) >= 11 is 0. The zero-order valence-electron chi connectivity index (χ0n) is 22.0. The molecule has 0 aliphatic rings. The first-order chi connectivity index (χ1) is 19.1. The molecule has 0 fully saturated rings. The second kappa shape index (κ2) is 12.5. The van der Waals surface area contributed by atoms with Crippen LogP contribution in [0.25, 0.3) is 33.5 Å². The summed E-state index contributed by atoms with van der Waals surface area (Å²) in [5, 5.41) is 13.8. The molecule has 0 unspecified atom stereocenters. The molecular weight excluding hydrogens is 517 g/mol. The standard InChI is InChI=1S/C29H28N4.C2HF3O2/c1-20-5-3-8-27-28(20)33-29(32-27)24-13-11-23(12-14-24)25-7-4-6-22(17-25)19-31-18-21-9-15-26(30-2)16-10-21;3-2(4,5)1(6)7/h3-17,30-31H,18-19H2,1-2H3,(H,32,33);(H,6,7). The Kier molecular flexibility index (Phi) is 8.86. The number of aromatic amines is 1. The van der Waals surface area contributed by atoms with Gasteiger partial charge in [-0.2, -0.15) is 13.2 Å². The molecule has 1 heterocycles. The molecule has 0 aliphatic heterocycles.